The van der Waals surface area contributed by atoms with E-state index in [0.717, 1.165) is 29.5 Å². The van der Waals surface area contributed by atoms with Crippen LogP contribution in [0.5, 0.6) is 0 Å². The van der Waals surface area contributed by atoms with E-state index < -0.39 is 0 Å². The fourth-order valence-corrected chi connectivity index (χ4v) is 5.67. The number of aldehydes is 1. The van der Waals surface area contributed by atoms with Crippen molar-refractivity contribution in [2.45, 2.75) is 51.0 Å². The molecule has 5 nitrogen and oxygen atoms in total. The van der Waals surface area contributed by atoms with Crippen molar-refractivity contribution in [1.29, 1.82) is 0 Å². The van der Waals surface area contributed by atoms with Gasteiger partial charge in [-0.3, -0.25) is 4.90 Å². The SMILES string of the molecule is O=CCC1C(COCc2ccccc2)C(OCc2ccccc2)C(OCc2ccccc2)CN1Cc1ccccc1. The van der Waals surface area contributed by atoms with Crippen LogP contribution in [0, 0.1) is 5.92 Å². The lowest BCUT2D eigenvalue weighted by molar-refractivity contribution is -0.176. The average molecular weight is 550 g/mol. The number of piperidine rings is 1. The number of rotatable bonds is 14. The largest absolute Gasteiger partial charge is 0.376 e. The maximum absolute atomic E-state index is 12.1. The molecule has 1 saturated heterocycles. The van der Waals surface area contributed by atoms with Crippen LogP contribution < -0.4 is 0 Å². The second-order valence-electron chi connectivity index (χ2n) is 10.6. The normalized spacial score (nSPS) is 21.0. The zero-order valence-electron chi connectivity index (χ0n) is 23.5. The van der Waals surface area contributed by atoms with E-state index in [2.05, 4.69) is 65.6 Å². The smallest absolute Gasteiger partial charge is 0.121 e. The Hall–Kier alpha value is -3.61. The first-order valence-electron chi connectivity index (χ1n) is 14.4. The molecule has 4 unspecified atom stereocenters. The van der Waals surface area contributed by atoms with Crippen molar-refractivity contribution in [2.24, 2.45) is 5.92 Å². The Morgan fingerprint density at radius 3 is 1.66 bits per heavy atom. The van der Waals surface area contributed by atoms with Gasteiger partial charge in [0, 0.05) is 31.5 Å². The highest BCUT2D eigenvalue weighted by atomic mass is 16.5. The Labute approximate surface area is 243 Å². The van der Waals surface area contributed by atoms with E-state index in [4.69, 9.17) is 14.2 Å². The van der Waals surface area contributed by atoms with Gasteiger partial charge in [0.2, 0.25) is 0 Å². The first-order chi connectivity index (χ1) is 20.3. The number of benzene rings is 4. The maximum Gasteiger partial charge on any atom is 0.121 e. The predicted octanol–water partition coefficient (Wildman–Crippen LogP) is 6.46. The third-order valence-corrected chi connectivity index (χ3v) is 7.75. The highest BCUT2D eigenvalue weighted by Gasteiger charge is 2.45. The van der Waals surface area contributed by atoms with E-state index >= 15 is 0 Å². The van der Waals surface area contributed by atoms with Crippen LogP contribution in [0.25, 0.3) is 0 Å². The van der Waals surface area contributed by atoms with E-state index in [1.54, 1.807) is 0 Å². The highest BCUT2D eigenvalue weighted by Crippen LogP contribution is 2.33. The standard InChI is InChI=1S/C36H39NO4/c38-22-21-34-33(28-39-25-30-15-7-2-8-16-30)36(41-27-32-19-11-4-12-20-32)35(40-26-31-17-9-3-10-18-31)24-37(34)23-29-13-5-1-6-14-29/h1-20,22,33-36H,21,23-28H2. The molecule has 5 rings (SSSR count). The van der Waals surface area contributed by atoms with Gasteiger partial charge in [0.05, 0.1) is 38.6 Å². The Kier molecular flexibility index (Phi) is 10.9. The summed E-state index contributed by atoms with van der Waals surface area (Å²) in [6, 6.07) is 41.0. The molecule has 0 amide bonds. The molecule has 0 radical (unpaired) electrons. The lowest BCUT2D eigenvalue weighted by Crippen LogP contribution is -2.60. The van der Waals surface area contributed by atoms with E-state index in [9.17, 15) is 4.79 Å². The molecule has 0 bridgehead atoms. The van der Waals surface area contributed by atoms with Gasteiger partial charge in [-0.05, 0) is 22.3 Å². The molecule has 4 atom stereocenters. The van der Waals surface area contributed by atoms with Crippen LogP contribution in [0.2, 0.25) is 0 Å². The van der Waals surface area contributed by atoms with Crippen LogP contribution in [0.1, 0.15) is 28.7 Å². The van der Waals surface area contributed by atoms with Crippen molar-refractivity contribution in [3.63, 3.8) is 0 Å². The molecule has 1 aliphatic rings. The number of hydrogen-bond donors (Lipinski definition) is 0. The number of nitrogens with zero attached hydrogens (tertiary/aromatic N) is 1. The number of carbonyl (C=O) groups excluding carboxylic acids is 1. The first-order valence-corrected chi connectivity index (χ1v) is 14.4. The summed E-state index contributed by atoms with van der Waals surface area (Å²) in [5.74, 6) is -0.0640. The molecule has 1 fully saturated rings. The molecule has 4 aromatic carbocycles. The molecule has 1 aliphatic heterocycles. The molecule has 5 heteroatoms. The number of carbonyl (C=O) groups is 1. The summed E-state index contributed by atoms with van der Waals surface area (Å²) in [4.78, 5) is 14.4. The minimum absolute atomic E-state index is 0.0409. The maximum atomic E-state index is 12.1. The van der Waals surface area contributed by atoms with E-state index in [1.807, 2.05) is 60.7 Å². The second-order valence-corrected chi connectivity index (χ2v) is 10.6. The van der Waals surface area contributed by atoms with Crippen LogP contribution in [0.4, 0.5) is 0 Å². The summed E-state index contributed by atoms with van der Waals surface area (Å²) in [6.07, 6.45) is 0.997. The molecular formula is C36H39NO4. The van der Waals surface area contributed by atoms with Gasteiger partial charge in [-0.2, -0.15) is 0 Å². The zero-order valence-corrected chi connectivity index (χ0v) is 23.5. The van der Waals surface area contributed by atoms with Crippen LogP contribution in [0.15, 0.2) is 121 Å². The molecule has 41 heavy (non-hydrogen) atoms. The third kappa shape index (κ3) is 8.44. The molecule has 1 heterocycles. The Morgan fingerprint density at radius 2 is 1.12 bits per heavy atom. The Balaban J connectivity index is 1.42. The molecule has 0 saturated carbocycles. The topological polar surface area (TPSA) is 48.0 Å². The predicted molar refractivity (Wildman–Crippen MR) is 161 cm³/mol. The molecule has 0 N–H and O–H groups in total. The lowest BCUT2D eigenvalue weighted by atomic mass is 9.83. The molecule has 212 valence electrons. The van der Waals surface area contributed by atoms with Crippen molar-refractivity contribution < 1.29 is 19.0 Å². The van der Waals surface area contributed by atoms with Gasteiger partial charge >= 0.3 is 0 Å². The van der Waals surface area contributed by atoms with Gasteiger partial charge in [0.15, 0.2) is 0 Å². The summed E-state index contributed by atoms with van der Waals surface area (Å²) in [6.45, 7) is 3.32. The molecule has 4 aromatic rings. The molecular weight excluding hydrogens is 510 g/mol. The minimum Gasteiger partial charge on any atom is -0.376 e. The molecule has 0 spiro atoms. The third-order valence-electron chi connectivity index (χ3n) is 7.75. The lowest BCUT2D eigenvalue weighted by Gasteiger charge is -2.48. The van der Waals surface area contributed by atoms with Crippen LogP contribution >= 0.6 is 0 Å². The van der Waals surface area contributed by atoms with Gasteiger partial charge in [-0.15, -0.1) is 0 Å². The fraction of sp³-hybridized carbons (Fsp3) is 0.306. The number of ether oxygens (including phenoxy) is 3. The summed E-state index contributed by atoms with van der Waals surface area (Å²) >= 11 is 0. The zero-order chi connectivity index (χ0) is 28.1. The van der Waals surface area contributed by atoms with Gasteiger partial charge in [0.25, 0.3) is 0 Å². The Morgan fingerprint density at radius 1 is 0.634 bits per heavy atom. The number of hydrogen-bond acceptors (Lipinski definition) is 5. The van der Waals surface area contributed by atoms with E-state index in [0.29, 0.717) is 39.4 Å². The van der Waals surface area contributed by atoms with E-state index in [1.165, 1.54) is 5.56 Å². The minimum atomic E-state index is -0.244. The summed E-state index contributed by atoms with van der Waals surface area (Å²) < 4.78 is 19.7. The quantitative estimate of drug-likeness (QED) is 0.169. The van der Waals surface area contributed by atoms with Crippen molar-refractivity contribution in [1.82, 2.24) is 4.90 Å². The molecule has 0 aromatic heterocycles. The van der Waals surface area contributed by atoms with Crippen LogP contribution in [-0.4, -0.2) is 42.6 Å². The van der Waals surface area contributed by atoms with Crippen molar-refractivity contribution >= 4 is 6.29 Å². The second kappa shape index (κ2) is 15.4. The summed E-state index contributed by atoms with van der Waals surface area (Å²) in [7, 11) is 0. The van der Waals surface area contributed by atoms with Crippen LogP contribution in [0.3, 0.4) is 0 Å². The van der Waals surface area contributed by atoms with Crippen molar-refractivity contribution in [3.8, 4) is 0 Å². The van der Waals surface area contributed by atoms with Crippen molar-refractivity contribution in [3.05, 3.63) is 144 Å². The highest BCUT2D eigenvalue weighted by molar-refractivity contribution is 5.50. The van der Waals surface area contributed by atoms with Crippen LogP contribution in [-0.2, 0) is 45.4 Å². The number of likely N-dealkylation sites (tertiary alicyclic amines) is 1. The Bertz CT molecular complexity index is 1290. The van der Waals surface area contributed by atoms with Gasteiger partial charge in [-0.25, -0.2) is 0 Å². The van der Waals surface area contributed by atoms with Crippen molar-refractivity contribution in [2.75, 3.05) is 13.2 Å². The first kappa shape index (κ1) is 28.9. The molecule has 0 aliphatic carbocycles. The van der Waals surface area contributed by atoms with Gasteiger partial charge < -0.3 is 19.0 Å². The average Bonchev–Trinajstić information content (AvgIpc) is 3.03. The van der Waals surface area contributed by atoms with E-state index in [-0.39, 0.29) is 24.2 Å². The summed E-state index contributed by atoms with van der Waals surface area (Å²) in [5.41, 5.74) is 4.56. The fourth-order valence-electron chi connectivity index (χ4n) is 5.67. The van der Waals surface area contributed by atoms with Gasteiger partial charge in [-0.1, -0.05) is 121 Å². The summed E-state index contributed by atoms with van der Waals surface area (Å²) in [5, 5.41) is 0. The monoisotopic (exact) mass is 549 g/mol. The van der Waals surface area contributed by atoms with Gasteiger partial charge in [0.1, 0.15) is 6.29 Å².